The molecule has 26 heavy (non-hydrogen) atoms. The van der Waals surface area contributed by atoms with E-state index in [1.807, 2.05) is 0 Å². The van der Waals surface area contributed by atoms with Crippen LogP contribution in [0.2, 0.25) is 0 Å². The van der Waals surface area contributed by atoms with Gasteiger partial charge in [0.15, 0.2) is 12.2 Å². The quantitative estimate of drug-likeness (QED) is 0.302. The Balaban J connectivity index is 2.02. The fourth-order valence-corrected chi connectivity index (χ4v) is 2.81. The lowest BCUT2D eigenvalue weighted by Gasteiger charge is -2.27. The van der Waals surface area contributed by atoms with E-state index in [1.54, 1.807) is 6.92 Å². The standard InChI is InChI=1S/C15H22N4O7/c1-3-25-15(24)12-11(26-12)14(23)19(7-10(16)21)17-13(22)9-5-4-6-18(9)8(2)20/h9,11-12H,3-7H2,1-2H3,(H2,16,21)(H,17,22)/t9-,11?,12?/m0/s1. The Morgan fingerprint density at radius 1 is 1.27 bits per heavy atom. The number of hydrogen-bond donors (Lipinski definition) is 2. The fourth-order valence-electron chi connectivity index (χ4n) is 2.81. The Kier molecular flexibility index (Phi) is 6.14. The van der Waals surface area contributed by atoms with Crippen LogP contribution in [0.5, 0.6) is 0 Å². The highest BCUT2D eigenvalue weighted by Gasteiger charge is 2.53. The van der Waals surface area contributed by atoms with Crippen LogP contribution in [0.15, 0.2) is 0 Å². The molecular formula is C15H22N4O7. The molecule has 0 aromatic carbocycles. The molecule has 0 aromatic rings. The van der Waals surface area contributed by atoms with Gasteiger partial charge in [0, 0.05) is 13.5 Å². The van der Waals surface area contributed by atoms with E-state index in [2.05, 4.69) is 5.43 Å². The number of nitrogens with zero attached hydrogens (tertiary/aromatic N) is 2. The van der Waals surface area contributed by atoms with Crippen molar-refractivity contribution in [1.29, 1.82) is 0 Å². The smallest absolute Gasteiger partial charge is 0.338 e. The van der Waals surface area contributed by atoms with E-state index in [4.69, 9.17) is 15.2 Å². The first-order valence-electron chi connectivity index (χ1n) is 8.25. The molecule has 2 aliphatic heterocycles. The summed E-state index contributed by atoms with van der Waals surface area (Å²) in [6.07, 6.45) is -1.14. The molecule has 0 radical (unpaired) electrons. The van der Waals surface area contributed by atoms with Gasteiger partial charge in [0.25, 0.3) is 11.8 Å². The Morgan fingerprint density at radius 3 is 2.54 bits per heavy atom. The molecule has 2 rings (SSSR count). The van der Waals surface area contributed by atoms with E-state index >= 15 is 0 Å². The van der Waals surface area contributed by atoms with Crippen molar-refractivity contribution in [2.24, 2.45) is 5.73 Å². The minimum absolute atomic E-state index is 0.129. The van der Waals surface area contributed by atoms with Crippen LogP contribution in [0, 0.1) is 0 Å². The Bertz CT molecular complexity index is 623. The first-order valence-corrected chi connectivity index (χ1v) is 8.25. The number of hydrazine groups is 1. The predicted molar refractivity (Wildman–Crippen MR) is 84.8 cm³/mol. The summed E-state index contributed by atoms with van der Waals surface area (Å²) < 4.78 is 9.74. The molecule has 2 fully saturated rings. The molecule has 0 aliphatic carbocycles. The fraction of sp³-hybridized carbons (Fsp3) is 0.667. The lowest BCUT2D eigenvalue weighted by molar-refractivity contribution is -0.148. The molecule has 11 heteroatoms. The highest BCUT2D eigenvalue weighted by molar-refractivity contribution is 5.96. The molecular weight excluding hydrogens is 348 g/mol. The number of primary amides is 1. The van der Waals surface area contributed by atoms with Crippen molar-refractivity contribution in [3.63, 3.8) is 0 Å². The minimum Gasteiger partial charge on any atom is -0.464 e. The number of carbonyl (C=O) groups is 5. The molecule has 144 valence electrons. The minimum atomic E-state index is -1.15. The third-order valence-corrected chi connectivity index (χ3v) is 4.04. The molecule has 2 heterocycles. The van der Waals surface area contributed by atoms with Crippen LogP contribution >= 0.6 is 0 Å². The van der Waals surface area contributed by atoms with Crippen molar-refractivity contribution < 1.29 is 33.4 Å². The van der Waals surface area contributed by atoms with Crippen LogP contribution in [-0.2, 0) is 33.4 Å². The van der Waals surface area contributed by atoms with Crippen LogP contribution in [0.3, 0.4) is 0 Å². The normalized spacial score (nSPS) is 23.9. The maximum Gasteiger partial charge on any atom is 0.338 e. The average Bonchev–Trinajstić information content (AvgIpc) is 3.20. The maximum atomic E-state index is 12.4. The summed E-state index contributed by atoms with van der Waals surface area (Å²) in [4.78, 5) is 60.6. The second kappa shape index (κ2) is 8.13. The molecule has 0 aromatic heterocycles. The molecule has 2 unspecified atom stereocenters. The van der Waals surface area contributed by atoms with Gasteiger partial charge < -0.3 is 20.1 Å². The van der Waals surface area contributed by atoms with Gasteiger partial charge in [-0.15, -0.1) is 0 Å². The summed E-state index contributed by atoms with van der Waals surface area (Å²) in [5.74, 6) is -3.22. The zero-order valence-electron chi connectivity index (χ0n) is 14.6. The monoisotopic (exact) mass is 370 g/mol. The van der Waals surface area contributed by atoms with Crippen LogP contribution in [0.25, 0.3) is 0 Å². The first kappa shape index (κ1) is 19.6. The Labute approximate surface area is 149 Å². The van der Waals surface area contributed by atoms with Crippen LogP contribution in [0.1, 0.15) is 26.7 Å². The van der Waals surface area contributed by atoms with E-state index in [0.717, 1.165) is 0 Å². The lowest BCUT2D eigenvalue weighted by Crippen LogP contribution is -2.56. The molecule has 3 atom stereocenters. The van der Waals surface area contributed by atoms with Crippen LogP contribution in [0.4, 0.5) is 0 Å². The van der Waals surface area contributed by atoms with Crippen molar-refractivity contribution >= 4 is 29.6 Å². The summed E-state index contributed by atoms with van der Waals surface area (Å²) >= 11 is 0. The molecule has 0 bridgehead atoms. The van der Waals surface area contributed by atoms with Crippen molar-refractivity contribution in [3.05, 3.63) is 0 Å². The summed E-state index contributed by atoms with van der Waals surface area (Å²) in [7, 11) is 0. The number of ether oxygens (including phenoxy) is 2. The van der Waals surface area contributed by atoms with Crippen LogP contribution < -0.4 is 11.2 Å². The number of carbonyl (C=O) groups excluding carboxylic acids is 5. The number of rotatable bonds is 6. The third kappa shape index (κ3) is 4.48. The van der Waals surface area contributed by atoms with Crippen LogP contribution in [-0.4, -0.2) is 77.5 Å². The van der Waals surface area contributed by atoms with Crippen molar-refractivity contribution in [2.45, 2.75) is 44.9 Å². The summed E-state index contributed by atoms with van der Waals surface area (Å²) in [5.41, 5.74) is 7.42. The predicted octanol–water partition coefficient (Wildman–Crippen LogP) is -2.33. The van der Waals surface area contributed by atoms with E-state index in [1.165, 1.54) is 11.8 Å². The van der Waals surface area contributed by atoms with Crippen molar-refractivity contribution in [3.8, 4) is 0 Å². The highest BCUT2D eigenvalue weighted by Crippen LogP contribution is 2.25. The van der Waals surface area contributed by atoms with Crippen molar-refractivity contribution in [1.82, 2.24) is 15.3 Å². The number of amides is 4. The molecule has 0 spiro atoms. The number of nitrogens with one attached hydrogen (secondary N) is 1. The lowest BCUT2D eigenvalue weighted by atomic mass is 10.2. The van der Waals surface area contributed by atoms with E-state index < -0.39 is 48.5 Å². The zero-order valence-corrected chi connectivity index (χ0v) is 14.6. The van der Waals surface area contributed by atoms with Gasteiger partial charge in [-0.25, -0.2) is 9.80 Å². The van der Waals surface area contributed by atoms with Gasteiger partial charge in [-0.1, -0.05) is 0 Å². The average molecular weight is 370 g/mol. The molecule has 2 saturated heterocycles. The summed E-state index contributed by atoms with van der Waals surface area (Å²) in [6, 6.07) is -0.739. The summed E-state index contributed by atoms with van der Waals surface area (Å²) in [5, 5.41) is 0.713. The number of nitrogens with two attached hydrogens (primary N) is 1. The molecule has 3 N–H and O–H groups in total. The van der Waals surface area contributed by atoms with Gasteiger partial charge in [-0.05, 0) is 19.8 Å². The third-order valence-electron chi connectivity index (χ3n) is 4.04. The van der Waals surface area contributed by atoms with Crippen molar-refractivity contribution in [2.75, 3.05) is 19.7 Å². The Morgan fingerprint density at radius 2 is 1.96 bits per heavy atom. The number of epoxide rings is 1. The maximum absolute atomic E-state index is 12.4. The molecule has 4 amide bonds. The van der Waals surface area contributed by atoms with Gasteiger partial charge in [0.2, 0.25) is 11.8 Å². The molecule has 11 nitrogen and oxygen atoms in total. The van der Waals surface area contributed by atoms with Gasteiger partial charge in [0.05, 0.1) is 6.61 Å². The zero-order chi connectivity index (χ0) is 19.4. The van der Waals surface area contributed by atoms with Gasteiger partial charge in [-0.3, -0.25) is 24.6 Å². The molecule has 2 aliphatic rings. The largest absolute Gasteiger partial charge is 0.464 e. The van der Waals surface area contributed by atoms with E-state index in [0.29, 0.717) is 24.4 Å². The second-order valence-electron chi connectivity index (χ2n) is 5.97. The number of hydrogen-bond acceptors (Lipinski definition) is 7. The number of esters is 1. The van der Waals surface area contributed by atoms with E-state index in [9.17, 15) is 24.0 Å². The van der Waals surface area contributed by atoms with Gasteiger partial charge in [0.1, 0.15) is 12.6 Å². The highest BCUT2D eigenvalue weighted by atomic mass is 16.6. The number of likely N-dealkylation sites (tertiary alicyclic amines) is 1. The summed E-state index contributed by atoms with van der Waals surface area (Å²) in [6.45, 7) is 2.93. The topological polar surface area (TPSA) is 152 Å². The molecule has 0 saturated carbocycles. The SMILES string of the molecule is CCOC(=O)C1OC1C(=O)N(CC(N)=O)NC(=O)[C@@H]1CCCN1C(C)=O. The van der Waals surface area contributed by atoms with E-state index in [-0.39, 0.29) is 12.5 Å². The Hall–Kier alpha value is -2.69. The van der Waals surface area contributed by atoms with Gasteiger partial charge >= 0.3 is 5.97 Å². The van der Waals surface area contributed by atoms with Gasteiger partial charge in [-0.2, -0.15) is 0 Å². The first-order chi connectivity index (χ1) is 12.3. The second-order valence-corrected chi connectivity index (χ2v) is 5.97.